The summed E-state index contributed by atoms with van der Waals surface area (Å²) in [4.78, 5) is 12.9. The van der Waals surface area contributed by atoms with Crippen LogP contribution in [0.25, 0.3) is 0 Å². The van der Waals surface area contributed by atoms with E-state index >= 15 is 0 Å². The second kappa shape index (κ2) is 3.99. The Bertz CT molecular complexity index is 480. The number of amides is 1. The summed E-state index contributed by atoms with van der Waals surface area (Å²) in [7, 11) is 0. The molecule has 1 saturated heterocycles. The third-order valence-electron chi connectivity index (χ3n) is 2.19. The first-order valence-corrected chi connectivity index (χ1v) is 5.29. The largest absolute Gasteiger partial charge is 0.457 e. The molecule has 1 fully saturated rings. The van der Waals surface area contributed by atoms with Crippen LogP contribution in [0.15, 0.2) is 18.2 Å². The Kier molecular flexibility index (Phi) is 2.82. The molecule has 84 valence electrons. The van der Waals surface area contributed by atoms with Crippen molar-refractivity contribution in [2.24, 2.45) is 0 Å². The van der Waals surface area contributed by atoms with Gasteiger partial charge in [-0.15, -0.1) is 0 Å². The molecule has 3 nitrogen and oxygen atoms in total. The number of benzene rings is 1. The van der Waals surface area contributed by atoms with Crippen molar-refractivity contribution in [1.82, 2.24) is 0 Å². The van der Waals surface area contributed by atoms with Gasteiger partial charge >= 0.3 is 0 Å². The van der Waals surface area contributed by atoms with Crippen molar-refractivity contribution in [1.29, 1.82) is 0 Å². The number of ether oxygens (including phenoxy) is 1. The molecule has 0 aromatic heterocycles. The van der Waals surface area contributed by atoms with Crippen LogP contribution in [-0.4, -0.2) is 17.2 Å². The molecule has 1 atom stereocenters. The van der Waals surface area contributed by atoms with E-state index in [0.717, 1.165) is 0 Å². The first kappa shape index (κ1) is 11.3. The molecule has 1 unspecified atom stereocenters. The molecular weight excluding hydrogens is 253 g/mol. The number of rotatable bonds is 1. The van der Waals surface area contributed by atoms with Gasteiger partial charge in [0.1, 0.15) is 5.82 Å². The van der Waals surface area contributed by atoms with Gasteiger partial charge in [-0.25, -0.2) is 9.29 Å². The molecule has 0 aliphatic carbocycles. The van der Waals surface area contributed by atoms with E-state index in [1.54, 1.807) is 6.92 Å². The Balaban J connectivity index is 2.41. The van der Waals surface area contributed by atoms with Gasteiger partial charge in [0.05, 0.1) is 10.7 Å². The highest BCUT2D eigenvalue weighted by Gasteiger charge is 2.35. The van der Waals surface area contributed by atoms with Crippen LogP contribution in [0.5, 0.6) is 0 Å². The fourth-order valence-electron chi connectivity index (χ4n) is 1.38. The molecule has 2 rings (SSSR count). The van der Waals surface area contributed by atoms with Gasteiger partial charge in [0.15, 0.2) is 6.10 Å². The van der Waals surface area contributed by atoms with Crippen molar-refractivity contribution < 1.29 is 13.9 Å². The summed E-state index contributed by atoms with van der Waals surface area (Å²) in [6.07, 6.45) is -0.615. The average Bonchev–Trinajstić information content (AvgIpc) is 2.47. The van der Waals surface area contributed by atoms with Crippen LogP contribution >= 0.6 is 23.8 Å². The summed E-state index contributed by atoms with van der Waals surface area (Å²) < 4.78 is 18.0. The monoisotopic (exact) mass is 259 g/mol. The predicted octanol–water partition coefficient (Wildman–Crippen LogP) is 2.52. The molecule has 0 radical (unpaired) electrons. The zero-order valence-electron chi connectivity index (χ0n) is 8.24. The molecule has 0 spiro atoms. The van der Waals surface area contributed by atoms with Crippen LogP contribution in [0.3, 0.4) is 0 Å². The van der Waals surface area contributed by atoms with Crippen LogP contribution in [0.1, 0.15) is 6.92 Å². The lowest BCUT2D eigenvalue weighted by Crippen LogP contribution is -2.30. The van der Waals surface area contributed by atoms with E-state index < -0.39 is 11.9 Å². The highest BCUT2D eigenvalue weighted by atomic mass is 35.5. The van der Waals surface area contributed by atoms with E-state index in [1.807, 2.05) is 0 Å². The van der Waals surface area contributed by atoms with Gasteiger partial charge < -0.3 is 4.74 Å². The molecule has 1 amide bonds. The second-order valence-corrected chi connectivity index (χ2v) is 4.05. The molecule has 1 aromatic rings. The second-order valence-electron chi connectivity index (χ2n) is 3.30. The standard InChI is InChI=1S/C10H7ClFNO2S/c1-5-9(14)13(10(16)15-5)6-2-3-8(12)7(11)4-6/h2-5H,1H3. The minimum Gasteiger partial charge on any atom is -0.457 e. The van der Waals surface area contributed by atoms with E-state index in [-0.39, 0.29) is 16.1 Å². The molecule has 0 bridgehead atoms. The van der Waals surface area contributed by atoms with E-state index in [9.17, 15) is 9.18 Å². The number of hydrogen-bond donors (Lipinski definition) is 0. The number of hydrogen-bond acceptors (Lipinski definition) is 3. The smallest absolute Gasteiger partial charge is 0.275 e. The molecule has 6 heteroatoms. The lowest BCUT2D eigenvalue weighted by Gasteiger charge is -2.13. The van der Waals surface area contributed by atoms with Gasteiger partial charge in [0.25, 0.3) is 11.1 Å². The quantitative estimate of drug-likeness (QED) is 0.726. The lowest BCUT2D eigenvalue weighted by molar-refractivity contribution is -0.121. The van der Waals surface area contributed by atoms with Crippen molar-refractivity contribution in [3.05, 3.63) is 29.0 Å². The lowest BCUT2D eigenvalue weighted by atomic mass is 10.2. The zero-order chi connectivity index (χ0) is 11.9. The molecule has 1 aliphatic rings. The van der Waals surface area contributed by atoms with Gasteiger partial charge in [-0.2, -0.15) is 0 Å². The number of anilines is 1. The molecule has 1 aliphatic heterocycles. The van der Waals surface area contributed by atoms with Crippen LogP contribution in [0, 0.1) is 5.82 Å². The number of halogens is 2. The molecule has 16 heavy (non-hydrogen) atoms. The van der Waals surface area contributed by atoms with Crippen molar-refractivity contribution in [2.75, 3.05) is 4.90 Å². The Morgan fingerprint density at radius 1 is 1.56 bits per heavy atom. The minimum absolute atomic E-state index is 0.0557. The number of carbonyl (C=O) groups is 1. The SMILES string of the molecule is CC1OC(=S)N(c2ccc(F)c(Cl)c2)C1=O. The Hall–Kier alpha value is -1.20. The summed E-state index contributed by atoms with van der Waals surface area (Å²) in [5.74, 6) is -0.829. The van der Waals surface area contributed by atoms with E-state index in [1.165, 1.54) is 23.1 Å². The Labute approximate surface area is 102 Å². The third kappa shape index (κ3) is 1.76. The van der Waals surface area contributed by atoms with Gasteiger partial charge in [0, 0.05) is 0 Å². The van der Waals surface area contributed by atoms with Crippen LogP contribution in [0.4, 0.5) is 10.1 Å². The van der Waals surface area contributed by atoms with Crippen molar-refractivity contribution in [3.63, 3.8) is 0 Å². The average molecular weight is 260 g/mol. The van der Waals surface area contributed by atoms with Crippen molar-refractivity contribution in [3.8, 4) is 0 Å². The topological polar surface area (TPSA) is 29.5 Å². The first-order valence-electron chi connectivity index (χ1n) is 4.50. The van der Waals surface area contributed by atoms with Crippen molar-refractivity contribution >= 4 is 40.6 Å². The number of carbonyl (C=O) groups excluding carboxylic acids is 1. The summed E-state index contributed by atoms with van der Waals surface area (Å²) in [6.45, 7) is 1.60. The van der Waals surface area contributed by atoms with Crippen LogP contribution in [0.2, 0.25) is 5.02 Å². The fourth-order valence-corrected chi connectivity index (χ4v) is 1.90. The van der Waals surface area contributed by atoms with Crippen LogP contribution < -0.4 is 4.90 Å². The highest BCUT2D eigenvalue weighted by Crippen LogP contribution is 2.27. The fraction of sp³-hybridized carbons (Fsp3) is 0.200. The first-order chi connectivity index (χ1) is 7.50. The van der Waals surface area contributed by atoms with E-state index in [0.29, 0.717) is 5.69 Å². The molecule has 1 heterocycles. The molecule has 0 saturated carbocycles. The zero-order valence-corrected chi connectivity index (χ0v) is 9.81. The Morgan fingerprint density at radius 3 is 2.75 bits per heavy atom. The Morgan fingerprint density at radius 2 is 2.25 bits per heavy atom. The van der Waals surface area contributed by atoms with E-state index in [4.69, 9.17) is 28.6 Å². The summed E-state index contributed by atoms with van der Waals surface area (Å²) in [5, 5.41) is -0.00664. The number of thiocarbonyl (C=S) groups is 1. The summed E-state index contributed by atoms with van der Waals surface area (Å²) >= 11 is 10.5. The van der Waals surface area contributed by atoms with Gasteiger partial charge in [-0.3, -0.25) is 4.79 Å². The third-order valence-corrected chi connectivity index (χ3v) is 2.76. The maximum Gasteiger partial charge on any atom is 0.275 e. The summed E-state index contributed by atoms with van der Waals surface area (Å²) in [6, 6.07) is 3.94. The number of nitrogens with zero attached hydrogens (tertiary/aromatic N) is 1. The van der Waals surface area contributed by atoms with Gasteiger partial charge in [-0.1, -0.05) is 11.6 Å². The normalized spacial score (nSPS) is 20.2. The maximum absolute atomic E-state index is 13.0. The minimum atomic E-state index is -0.615. The van der Waals surface area contributed by atoms with E-state index in [2.05, 4.69) is 0 Å². The summed E-state index contributed by atoms with van der Waals surface area (Å²) in [5.41, 5.74) is 0.408. The molecular formula is C10H7ClFNO2S. The highest BCUT2D eigenvalue weighted by molar-refractivity contribution is 7.80. The predicted molar refractivity (Wildman–Crippen MR) is 62.0 cm³/mol. The maximum atomic E-state index is 13.0. The van der Waals surface area contributed by atoms with Gasteiger partial charge in [0.2, 0.25) is 0 Å². The van der Waals surface area contributed by atoms with Crippen molar-refractivity contribution in [2.45, 2.75) is 13.0 Å². The molecule has 1 aromatic carbocycles. The van der Waals surface area contributed by atoms with Crippen LogP contribution in [-0.2, 0) is 9.53 Å². The van der Waals surface area contributed by atoms with Gasteiger partial charge in [-0.05, 0) is 37.3 Å². The molecule has 0 N–H and O–H groups in total.